The van der Waals surface area contributed by atoms with Crippen LogP contribution in [0.25, 0.3) is 0 Å². The Bertz CT molecular complexity index is 407. The summed E-state index contributed by atoms with van der Waals surface area (Å²) in [7, 11) is 1.96. The number of aliphatic imine (C=N–C) groups is 1. The van der Waals surface area contributed by atoms with Crippen LogP contribution < -0.4 is 5.32 Å². The molecule has 4 fully saturated rings. The van der Waals surface area contributed by atoms with Crippen molar-refractivity contribution in [2.45, 2.75) is 70.3 Å². The zero-order chi connectivity index (χ0) is 14.3. The summed E-state index contributed by atoms with van der Waals surface area (Å²) < 4.78 is 0. The van der Waals surface area contributed by atoms with Crippen molar-refractivity contribution in [3.63, 3.8) is 0 Å². The second kappa shape index (κ2) is 5.48. The minimum atomic E-state index is 0.671. The maximum atomic E-state index is 4.59. The number of guanidine groups is 1. The molecule has 1 N–H and O–H groups in total. The molecule has 0 radical (unpaired) electrons. The Balaban J connectivity index is 1.30. The first kappa shape index (κ1) is 13.9. The first-order valence-electron chi connectivity index (χ1n) is 9.28. The van der Waals surface area contributed by atoms with Crippen LogP contribution in [0.15, 0.2) is 4.99 Å². The number of hydrogen-bond donors (Lipinski definition) is 1. The SMILES string of the molecule is CN=C(NC1CC1C1CCCCC1)N1CCC2(CCC2)C1. The normalized spacial score (nSPS) is 35.9. The van der Waals surface area contributed by atoms with Crippen LogP contribution in [0.2, 0.25) is 0 Å². The monoisotopic (exact) mass is 289 g/mol. The molecule has 1 heterocycles. The summed E-state index contributed by atoms with van der Waals surface area (Å²) in [6.45, 7) is 2.48. The van der Waals surface area contributed by atoms with E-state index in [1.165, 1.54) is 83.3 Å². The third kappa shape index (κ3) is 2.68. The van der Waals surface area contributed by atoms with Crippen molar-refractivity contribution in [3.8, 4) is 0 Å². The van der Waals surface area contributed by atoms with Crippen LogP contribution in [0.4, 0.5) is 0 Å². The van der Waals surface area contributed by atoms with E-state index in [9.17, 15) is 0 Å². The lowest BCUT2D eigenvalue weighted by molar-refractivity contribution is 0.151. The van der Waals surface area contributed by atoms with Gasteiger partial charge >= 0.3 is 0 Å². The highest BCUT2D eigenvalue weighted by molar-refractivity contribution is 5.81. The van der Waals surface area contributed by atoms with Gasteiger partial charge in [-0.25, -0.2) is 0 Å². The summed E-state index contributed by atoms with van der Waals surface area (Å²) >= 11 is 0. The van der Waals surface area contributed by atoms with E-state index in [0.717, 1.165) is 17.9 Å². The predicted octanol–water partition coefficient (Wildman–Crippen LogP) is 3.41. The summed E-state index contributed by atoms with van der Waals surface area (Å²) in [5.41, 5.74) is 0.671. The van der Waals surface area contributed by atoms with E-state index in [2.05, 4.69) is 15.2 Å². The Morgan fingerprint density at radius 3 is 2.52 bits per heavy atom. The third-order valence-electron chi connectivity index (χ3n) is 6.77. The van der Waals surface area contributed by atoms with Crippen molar-refractivity contribution < 1.29 is 0 Å². The molecule has 1 spiro atoms. The number of likely N-dealkylation sites (tertiary alicyclic amines) is 1. The van der Waals surface area contributed by atoms with Gasteiger partial charge in [0.1, 0.15) is 0 Å². The summed E-state index contributed by atoms with van der Waals surface area (Å²) in [4.78, 5) is 7.12. The van der Waals surface area contributed by atoms with Crippen LogP contribution >= 0.6 is 0 Å². The van der Waals surface area contributed by atoms with Crippen molar-refractivity contribution in [3.05, 3.63) is 0 Å². The molecule has 4 rings (SSSR count). The van der Waals surface area contributed by atoms with E-state index in [0.29, 0.717) is 5.41 Å². The molecular weight excluding hydrogens is 258 g/mol. The zero-order valence-electron chi connectivity index (χ0n) is 13.6. The van der Waals surface area contributed by atoms with Crippen LogP contribution in [-0.4, -0.2) is 37.0 Å². The molecule has 1 saturated heterocycles. The van der Waals surface area contributed by atoms with Gasteiger partial charge in [-0.1, -0.05) is 38.5 Å². The highest BCUT2D eigenvalue weighted by atomic mass is 15.3. The van der Waals surface area contributed by atoms with E-state index in [1.54, 1.807) is 0 Å². The maximum Gasteiger partial charge on any atom is 0.193 e. The molecule has 2 atom stereocenters. The third-order valence-corrected chi connectivity index (χ3v) is 6.77. The molecule has 0 aromatic rings. The van der Waals surface area contributed by atoms with E-state index in [-0.39, 0.29) is 0 Å². The Morgan fingerprint density at radius 1 is 1.10 bits per heavy atom. The van der Waals surface area contributed by atoms with Crippen LogP contribution in [0.3, 0.4) is 0 Å². The van der Waals surface area contributed by atoms with Crippen LogP contribution in [0.5, 0.6) is 0 Å². The summed E-state index contributed by atoms with van der Waals surface area (Å²) in [6, 6.07) is 0.727. The van der Waals surface area contributed by atoms with Gasteiger partial charge in [-0.05, 0) is 42.9 Å². The molecule has 2 unspecified atom stereocenters. The fraction of sp³-hybridized carbons (Fsp3) is 0.944. The molecule has 3 saturated carbocycles. The van der Waals surface area contributed by atoms with Gasteiger partial charge < -0.3 is 10.2 Å². The minimum Gasteiger partial charge on any atom is -0.353 e. The summed E-state index contributed by atoms with van der Waals surface area (Å²) in [5.74, 6) is 3.15. The van der Waals surface area contributed by atoms with E-state index < -0.39 is 0 Å². The number of nitrogens with zero attached hydrogens (tertiary/aromatic N) is 2. The van der Waals surface area contributed by atoms with Crippen molar-refractivity contribution in [1.82, 2.24) is 10.2 Å². The predicted molar refractivity (Wildman–Crippen MR) is 87.4 cm³/mol. The molecule has 3 aliphatic carbocycles. The second-order valence-corrected chi connectivity index (χ2v) is 8.12. The Labute approximate surface area is 129 Å². The van der Waals surface area contributed by atoms with E-state index in [4.69, 9.17) is 0 Å². The zero-order valence-corrected chi connectivity index (χ0v) is 13.6. The lowest BCUT2D eigenvalue weighted by atomic mass is 9.68. The summed E-state index contributed by atoms with van der Waals surface area (Å²) in [5, 5.41) is 3.79. The first-order chi connectivity index (χ1) is 10.3. The molecular formula is C18H31N3. The van der Waals surface area contributed by atoms with Gasteiger partial charge in [0, 0.05) is 26.2 Å². The maximum absolute atomic E-state index is 4.59. The quantitative estimate of drug-likeness (QED) is 0.623. The Hall–Kier alpha value is -0.730. The van der Waals surface area contributed by atoms with Gasteiger partial charge in [-0.2, -0.15) is 0 Å². The van der Waals surface area contributed by atoms with Gasteiger partial charge in [-0.3, -0.25) is 4.99 Å². The van der Waals surface area contributed by atoms with Crippen LogP contribution in [-0.2, 0) is 0 Å². The molecule has 118 valence electrons. The highest BCUT2D eigenvalue weighted by Gasteiger charge is 2.46. The number of rotatable bonds is 2. The first-order valence-corrected chi connectivity index (χ1v) is 9.28. The van der Waals surface area contributed by atoms with Gasteiger partial charge in [-0.15, -0.1) is 0 Å². The van der Waals surface area contributed by atoms with Crippen molar-refractivity contribution >= 4 is 5.96 Å². The Kier molecular flexibility index (Phi) is 3.63. The molecule has 0 bridgehead atoms. The Morgan fingerprint density at radius 2 is 1.90 bits per heavy atom. The average Bonchev–Trinajstić information content (AvgIpc) is 3.11. The largest absolute Gasteiger partial charge is 0.353 e. The molecule has 3 heteroatoms. The topological polar surface area (TPSA) is 27.6 Å². The van der Waals surface area contributed by atoms with Crippen molar-refractivity contribution in [2.75, 3.05) is 20.1 Å². The van der Waals surface area contributed by atoms with Gasteiger partial charge in [0.2, 0.25) is 0 Å². The van der Waals surface area contributed by atoms with Gasteiger partial charge in [0.05, 0.1) is 0 Å². The minimum absolute atomic E-state index is 0.671. The molecule has 0 aromatic carbocycles. The number of nitrogens with one attached hydrogen (secondary N) is 1. The molecule has 0 amide bonds. The highest BCUT2D eigenvalue weighted by Crippen LogP contribution is 2.48. The summed E-state index contributed by atoms with van der Waals surface area (Å²) in [6.07, 6.45) is 14.5. The van der Waals surface area contributed by atoms with E-state index in [1.807, 2.05) is 7.05 Å². The van der Waals surface area contributed by atoms with Crippen molar-refractivity contribution in [2.24, 2.45) is 22.2 Å². The van der Waals surface area contributed by atoms with E-state index >= 15 is 0 Å². The number of hydrogen-bond acceptors (Lipinski definition) is 1. The fourth-order valence-corrected chi connectivity index (χ4v) is 5.13. The fourth-order valence-electron chi connectivity index (χ4n) is 5.13. The lowest BCUT2D eigenvalue weighted by Crippen LogP contribution is -2.44. The average molecular weight is 289 g/mol. The second-order valence-electron chi connectivity index (χ2n) is 8.12. The molecule has 3 nitrogen and oxygen atoms in total. The lowest BCUT2D eigenvalue weighted by Gasteiger charge is -2.38. The van der Waals surface area contributed by atoms with Crippen LogP contribution in [0, 0.1) is 17.3 Å². The molecule has 0 aromatic heterocycles. The van der Waals surface area contributed by atoms with Gasteiger partial charge in [0.15, 0.2) is 5.96 Å². The van der Waals surface area contributed by atoms with Crippen molar-refractivity contribution in [1.29, 1.82) is 0 Å². The van der Waals surface area contributed by atoms with Gasteiger partial charge in [0.25, 0.3) is 0 Å². The standard InChI is InChI=1S/C18H31N3/c1-19-17(21-11-10-18(13-21)8-5-9-18)20-16-12-15(16)14-6-3-2-4-7-14/h14-16H,2-13H2,1H3,(H,19,20). The molecule has 1 aliphatic heterocycles. The smallest absolute Gasteiger partial charge is 0.193 e. The molecule has 21 heavy (non-hydrogen) atoms. The molecule has 4 aliphatic rings. The van der Waals surface area contributed by atoms with Crippen LogP contribution in [0.1, 0.15) is 64.2 Å².